The highest BCUT2D eigenvalue weighted by Crippen LogP contribution is 2.21. The first-order chi connectivity index (χ1) is 9.15. The highest BCUT2D eigenvalue weighted by molar-refractivity contribution is 9.10. The van der Waals surface area contributed by atoms with E-state index in [-0.39, 0.29) is 5.91 Å². The second kappa shape index (κ2) is 6.93. The van der Waals surface area contributed by atoms with E-state index in [9.17, 15) is 4.79 Å². The van der Waals surface area contributed by atoms with Gasteiger partial charge in [0, 0.05) is 4.47 Å². The minimum atomic E-state index is -0.130. The molecule has 0 aliphatic heterocycles. The molecule has 0 fully saturated rings. The van der Waals surface area contributed by atoms with Crippen LogP contribution in [0.2, 0.25) is 4.34 Å². The van der Waals surface area contributed by atoms with Crippen molar-refractivity contribution in [3.05, 3.63) is 50.1 Å². The second-order valence-electron chi connectivity index (χ2n) is 3.67. The Hall–Kier alpha value is -1.04. The van der Waals surface area contributed by atoms with Crippen LogP contribution in [0.3, 0.4) is 0 Å². The maximum atomic E-state index is 11.7. The Balaban J connectivity index is 1.74. The Bertz CT molecular complexity index is 573. The summed E-state index contributed by atoms with van der Waals surface area (Å²) in [5.74, 6) is 0.637. The van der Waals surface area contributed by atoms with Gasteiger partial charge >= 0.3 is 0 Å². The first-order valence-corrected chi connectivity index (χ1v) is 7.56. The molecule has 0 bridgehead atoms. The van der Waals surface area contributed by atoms with Gasteiger partial charge in [-0.3, -0.25) is 4.79 Å². The first-order valence-electron chi connectivity index (χ1n) is 5.57. The van der Waals surface area contributed by atoms with Gasteiger partial charge in [-0.15, -0.1) is 11.3 Å². The van der Waals surface area contributed by atoms with Crippen LogP contribution < -0.4 is 10.1 Å². The number of hydrogen-bond donors (Lipinski definition) is 1. The minimum Gasteiger partial charge on any atom is -0.492 e. The molecule has 0 saturated carbocycles. The highest BCUT2D eigenvalue weighted by atomic mass is 79.9. The zero-order valence-electron chi connectivity index (χ0n) is 9.86. The number of ether oxygens (including phenoxy) is 1. The molecule has 1 aromatic carbocycles. The van der Waals surface area contributed by atoms with Crippen LogP contribution in [0.15, 0.2) is 40.9 Å². The van der Waals surface area contributed by atoms with Crippen LogP contribution in [0, 0.1) is 0 Å². The Kier molecular flexibility index (Phi) is 5.24. The quantitative estimate of drug-likeness (QED) is 0.819. The van der Waals surface area contributed by atoms with Gasteiger partial charge in [-0.2, -0.15) is 0 Å². The van der Waals surface area contributed by atoms with Crippen molar-refractivity contribution < 1.29 is 9.53 Å². The lowest BCUT2D eigenvalue weighted by Crippen LogP contribution is -2.27. The molecular formula is C13H11BrClNO2S. The van der Waals surface area contributed by atoms with Gasteiger partial charge in [-0.25, -0.2) is 0 Å². The molecule has 2 rings (SSSR count). The normalized spacial score (nSPS) is 10.2. The molecule has 19 heavy (non-hydrogen) atoms. The van der Waals surface area contributed by atoms with Crippen molar-refractivity contribution in [2.45, 2.75) is 0 Å². The summed E-state index contributed by atoms with van der Waals surface area (Å²) in [6.07, 6.45) is 0. The molecule has 3 nitrogen and oxygen atoms in total. The maximum Gasteiger partial charge on any atom is 0.261 e. The summed E-state index contributed by atoms with van der Waals surface area (Å²) in [6.45, 7) is 0.863. The van der Waals surface area contributed by atoms with Gasteiger partial charge in [-0.05, 0) is 30.3 Å². The van der Waals surface area contributed by atoms with Gasteiger partial charge in [0.25, 0.3) is 5.91 Å². The molecular weight excluding hydrogens is 350 g/mol. The largest absolute Gasteiger partial charge is 0.492 e. The fraction of sp³-hybridized carbons (Fsp3) is 0.154. The van der Waals surface area contributed by atoms with Crippen molar-refractivity contribution in [2.75, 3.05) is 13.2 Å². The lowest BCUT2D eigenvalue weighted by molar-refractivity contribution is 0.0951. The van der Waals surface area contributed by atoms with E-state index < -0.39 is 0 Å². The number of benzene rings is 1. The van der Waals surface area contributed by atoms with E-state index in [0.717, 1.165) is 10.2 Å². The Labute approximate surface area is 128 Å². The van der Waals surface area contributed by atoms with Gasteiger partial charge in [-0.1, -0.05) is 33.6 Å². The molecule has 0 aliphatic carbocycles. The molecule has 0 saturated heterocycles. The van der Waals surface area contributed by atoms with Crippen LogP contribution in [-0.2, 0) is 0 Å². The number of amides is 1. The fourth-order valence-electron chi connectivity index (χ4n) is 1.41. The fourth-order valence-corrected chi connectivity index (χ4v) is 2.75. The Morgan fingerprint density at radius 2 is 2.21 bits per heavy atom. The number of carbonyl (C=O) groups is 1. The zero-order chi connectivity index (χ0) is 13.7. The third kappa shape index (κ3) is 4.53. The molecule has 1 aromatic heterocycles. The van der Waals surface area contributed by atoms with E-state index in [1.165, 1.54) is 11.3 Å². The molecule has 0 unspecified atom stereocenters. The summed E-state index contributed by atoms with van der Waals surface area (Å²) in [7, 11) is 0. The van der Waals surface area contributed by atoms with Crippen molar-refractivity contribution in [1.29, 1.82) is 0 Å². The average Bonchev–Trinajstić information content (AvgIpc) is 2.81. The molecule has 1 heterocycles. The van der Waals surface area contributed by atoms with Crippen molar-refractivity contribution >= 4 is 44.8 Å². The van der Waals surface area contributed by atoms with Crippen molar-refractivity contribution in [2.24, 2.45) is 0 Å². The second-order valence-corrected chi connectivity index (χ2v) is 6.30. The SMILES string of the molecule is O=C(NCCOc1cccc(Br)c1)c1ccc(Cl)s1. The van der Waals surface area contributed by atoms with Gasteiger partial charge in [0.15, 0.2) is 0 Å². The number of carbonyl (C=O) groups excluding carboxylic acids is 1. The molecule has 1 N–H and O–H groups in total. The van der Waals surface area contributed by atoms with Gasteiger partial charge in [0.2, 0.25) is 0 Å². The summed E-state index contributed by atoms with van der Waals surface area (Å²) in [6, 6.07) is 11.0. The lowest BCUT2D eigenvalue weighted by Gasteiger charge is -2.07. The van der Waals surface area contributed by atoms with Gasteiger partial charge < -0.3 is 10.1 Å². The zero-order valence-corrected chi connectivity index (χ0v) is 13.0. The molecule has 0 atom stereocenters. The van der Waals surface area contributed by atoms with Crippen molar-refractivity contribution in [1.82, 2.24) is 5.32 Å². The average molecular weight is 361 g/mol. The molecule has 0 aliphatic rings. The molecule has 0 spiro atoms. The van der Waals surface area contributed by atoms with E-state index in [4.69, 9.17) is 16.3 Å². The monoisotopic (exact) mass is 359 g/mol. The molecule has 1 amide bonds. The summed E-state index contributed by atoms with van der Waals surface area (Å²) in [5.41, 5.74) is 0. The summed E-state index contributed by atoms with van der Waals surface area (Å²) < 4.78 is 7.08. The number of hydrogen-bond acceptors (Lipinski definition) is 3. The van der Waals surface area contributed by atoms with E-state index >= 15 is 0 Å². The highest BCUT2D eigenvalue weighted by Gasteiger charge is 2.07. The predicted molar refractivity (Wildman–Crippen MR) is 81.3 cm³/mol. The van der Waals surface area contributed by atoms with Crippen LogP contribution in [0.5, 0.6) is 5.75 Å². The molecule has 0 radical (unpaired) electrons. The van der Waals surface area contributed by atoms with Crippen LogP contribution in [-0.4, -0.2) is 19.1 Å². The van der Waals surface area contributed by atoms with Crippen molar-refractivity contribution in [3.8, 4) is 5.75 Å². The van der Waals surface area contributed by atoms with Gasteiger partial charge in [0.05, 0.1) is 15.8 Å². The topological polar surface area (TPSA) is 38.3 Å². The van der Waals surface area contributed by atoms with Gasteiger partial charge in [0.1, 0.15) is 12.4 Å². The van der Waals surface area contributed by atoms with Crippen LogP contribution in [0.25, 0.3) is 0 Å². The third-order valence-electron chi connectivity index (χ3n) is 2.25. The Morgan fingerprint density at radius 1 is 1.37 bits per heavy atom. The summed E-state index contributed by atoms with van der Waals surface area (Å²) in [5, 5.41) is 2.77. The number of halogens is 2. The van der Waals surface area contributed by atoms with Crippen LogP contribution >= 0.6 is 38.9 Å². The molecule has 2 aromatic rings. The van der Waals surface area contributed by atoms with Crippen LogP contribution in [0.4, 0.5) is 0 Å². The molecule has 6 heteroatoms. The summed E-state index contributed by atoms with van der Waals surface area (Å²) >= 11 is 10.4. The lowest BCUT2D eigenvalue weighted by atomic mass is 10.3. The predicted octanol–water partition coefficient (Wildman–Crippen LogP) is 3.97. The minimum absolute atomic E-state index is 0.130. The number of thiophene rings is 1. The molecule has 100 valence electrons. The smallest absolute Gasteiger partial charge is 0.261 e. The van der Waals surface area contributed by atoms with E-state index in [2.05, 4.69) is 21.2 Å². The summed E-state index contributed by atoms with van der Waals surface area (Å²) in [4.78, 5) is 12.3. The number of nitrogens with one attached hydrogen (secondary N) is 1. The Morgan fingerprint density at radius 3 is 2.89 bits per heavy atom. The van der Waals surface area contributed by atoms with Crippen LogP contribution in [0.1, 0.15) is 9.67 Å². The van der Waals surface area contributed by atoms with E-state index in [0.29, 0.717) is 22.4 Å². The number of rotatable bonds is 5. The standard InChI is InChI=1S/C13H11BrClNO2S/c14-9-2-1-3-10(8-9)18-7-6-16-13(17)11-4-5-12(15)19-11/h1-5,8H,6-7H2,(H,16,17). The van der Waals surface area contributed by atoms with E-state index in [1.54, 1.807) is 12.1 Å². The van der Waals surface area contributed by atoms with Crippen molar-refractivity contribution in [3.63, 3.8) is 0 Å². The first kappa shape index (κ1) is 14.4. The third-order valence-corrected chi connectivity index (χ3v) is 3.97. The van der Waals surface area contributed by atoms with E-state index in [1.807, 2.05) is 24.3 Å². The maximum absolute atomic E-state index is 11.7.